The molecule has 5 atom stereocenters. The highest BCUT2D eigenvalue weighted by molar-refractivity contribution is 6.18. The molecule has 0 aromatic heterocycles. The fraction of sp³-hybridized carbons (Fsp3) is 1.00. The van der Waals surface area contributed by atoms with E-state index in [9.17, 15) is 15.3 Å². The van der Waals surface area contributed by atoms with Crippen LogP contribution in [0.3, 0.4) is 0 Å². The first kappa shape index (κ1) is 11.2. The normalized spacial score (nSPS) is 46.4. The van der Waals surface area contributed by atoms with E-state index in [0.29, 0.717) is 0 Å². The van der Waals surface area contributed by atoms with Crippen LogP contribution in [-0.4, -0.2) is 59.0 Å². The van der Waals surface area contributed by atoms with Gasteiger partial charge in [0.2, 0.25) is 0 Å². The van der Waals surface area contributed by atoms with Crippen LogP contribution in [0.4, 0.5) is 0 Å². The van der Waals surface area contributed by atoms with E-state index in [0.717, 1.165) is 0 Å². The quantitative estimate of drug-likeness (QED) is 0.495. The summed E-state index contributed by atoms with van der Waals surface area (Å²) in [5, 5.41) is 28.0. The van der Waals surface area contributed by atoms with E-state index in [4.69, 9.17) is 21.1 Å². The van der Waals surface area contributed by atoms with Crippen molar-refractivity contribution < 1.29 is 24.8 Å². The van der Waals surface area contributed by atoms with Gasteiger partial charge in [0.25, 0.3) is 0 Å². The van der Waals surface area contributed by atoms with Crippen LogP contribution in [0, 0.1) is 0 Å². The molecule has 0 saturated carbocycles. The smallest absolute Gasteiger partial charge is 0.186 e. The Labute approximate surface area is 80.8 Å². The van der Waals surface area contributed by atoms with Gasteiger partial charge in [-0.25, -0.2) is 0 Å². The van der Waals surface area contributed by atoms with Crippen molar-refractivity contribution in [2.24, 2.45) is 0 Å². The van der Waals surface area contributed by atoms with E-state index in [1.807, 2.05) is 0 Å². The molecule has 0 aliphatic carbocycles. The summed E-state index contributed by atoms with van der Waals surface area (Å²) in [6, 6.07) is 0. The average molecular weight is 213 g/mol. The molecular weight excluding hydrogens is 200 g/mol. The van der Waals surface area contributed by atoms with Gasteiger partial charge in [0.1, 0.15) is 24.4 Å². The van der Waals surface area contributed by atoms with Crippen molar-refractivity contribution in [1.29, 1.82) is 0 Å². The van der Waals surface area contributed by atoms with Gasteiger partial charge in [0, 0.05) is 7.11 Å². The highest BCUT2D eigenvalue weighted by Gasteiger charge is 2.43. The molecule has 0 radical (unpaired) electrons. The Hall–Kier alpha value is 0.0900. The molecule has 3 N–H and O–H groups in total. The van der Waals surface area contributed by atoms with Crippen molar-refractivity contribution in [1.82, 2.24) is 0 Å². The van der Waals surface area contributed by atoms with Gasteiger partial charge in [-0.2, -0.15) is 0 Å². The molecule has 0 bridgehead atoms. The van der Waals surface area contributed by atoms with Crippen LogP contribution < -0.4 is 0 Å². The summed E-state index contributed by atoms with van der Waals surface area (Å²) < 4.78 is 9.82. The van der Waals surface area contributed by atoms with Crippen LogP contribution in [0.5, 0.6) is 0 Å². The fourth-order valence-corrected chi connectivity index (χ4v) is 1.49. The summed E-state index contributed by atoms with van der Waals surface area (Å²) in [7, 11) is 1.34. The maximum atomic E-state index is 9.35. The number of alkyl halides is 1. The minimum Gasteiger partial charge on any atom is -0.388 e. The molecular formula is C7H13ClO5. The molecule has 1 fully saturated rings. The second-order valence-corrected chi connectivity index (χ2v) is 3.21. The van der Waals surface area contributed by atoms with Gasteiger partial charge in [-0.15, -0.1) is 11.6 Å². The maximum absolute atomic E-state index is 9.35. The molecule has 1 rings (SSSR count). The van der Waals surface area contributed by atoms with Gasteiger partial charge in [-0.1, -0.05) is 0 Å². The van der Waals surface area contributed by atoms with Gasteiger partial charge in [0.05, 0.1) is 5.88 Å². The third-order valence-electron chi connectivity index (χ3n) is 2.05. The van der Waals surface area contributed by atoms with Crippen molar-refractivity contribution in [2.75, 3.05) is 13.0 Å². The lowest BCUT2D eigenvalue weighted by Gasteiger charge is -2.38. The summed E-state index contributed by atoms with van der Waals surface area (Å²) in [6.07, 6.45) is -5.38. The van der Waals surface area contributed by atoms with E-state index in [2.05, 4.69) is 0 Å². The third kappa shape index (κ3) is 2.12. The second-order valence-electron chi connectivity index (χ2n) is 2.90. The molecule has 6 heteroatoms. The topological polar surface area (TPSA) is 79.2 Å². The summed E-state index contributed by atoms with van der Waals surface area (Å²) in [5.74, 6) is 0.0325. The Bertz CT molecular complexity index is 147. The number of halogens is 1. The van der Waals surface area contributed by atoms with Gasteiger partial charge in [-0.3, -0.25) is 0 Å². The van der Waals surface area contributed by atoms with Crippen molar-refractivity contribution in [3.8, 4) is 0 Å². The predicted octanol–water partition coefficient (Wildman–Crippen LogP) is -1.32. The Morgan fingerprint density at radius 2 is 1.85 bits per heavy atom. The summed E-state index contributed by atoms with van der Waals surface area (Å²) in [4.78, 5) is 0. The molecule has 0 unspecified atom stereocenters. The predicted molar refractivity (Wildman–Crippen MR) is 44.4 cm³/mol. The van der Waals surface area contributed by atoms with E-state index in [1.54, 1.807) is 0 Å². The van der Waals surface area contributed by atoms with Crippen LogP contribution >= 0.6 is 11.6 Å². The zero-order valence-corrected chi connectivity index (χ0v) is 7.89. The van der Waals surface area contributed by atoms with Crippen LogP contribution in [-0.2, 0) is 9.47 Å². The first-order valence-corrected chi connectivity index (χ1v) is 4.43. The zero-order chi connectivity index (χ0) is 10.0. The van der Waals surface area contributed by atoms with Crippen LogP contribution in [0.15, 0.2) is 0 Å². The summed E-state index contributed by atoms with van der Waals surface area (Å²) in [5.41, 5.74) is 0. The number of aliphatic hydroxyl groups is 3. The maximum Gasteiger partial charge on any atom is 0.186 e. The van der Waals surface area contributed by atoms with Crippen LogP contribution in [0.1, 0.15) is 0 Å². The van der Waals surface area contributed by atoms with E-state index in [1.165, 1.54) is 7.11 Å². The summed E-state index contributed by atoms with van der Waals surface area (Å²) in [6.45, 7) is 0. The van der Waals surface area contributed by atoms with Gasteiger partial charge >= 0.3 is 0 Å². The van der Waals surface area contributed by atoms with Crippen molar-refractivity contribution in [2.45, 2.75) is 30.7 Å². The van der Waals surface area contributed by atoms with Crippen molar-refractivity contribution >= 4 is 11.6 Å². The van der Waals surface area contributed by atoms with Crippen LogP contribution in [0.2, 0.25) is 0 Å². The third-order valence-corrected chi connectivity index (χ3v) is 2.36. The second kappa shape index (κ2) is 4.54. The Morgan fingerprint density at radius 3 is 2.31 bits per heavy atom. The Balaban J connectivity index is 2.66. The monoisotopic (exact) mass is 212 g/mol. The summed E-state index contributed by atoms with van der Waals surface area (Å²) >= 11 is 5.48. The van der Waals surface area contributed by atoms with E-state index >= 15 is 0 Å². The molecule has 1 heterocycles. The molecule has 5 nitrogen and oxygen atoms in total. The molecule has 78 valence electrons. The van der Waals surface area contributed by atoms with E-state index < -0.39 is 30.7 Å². The zero-order valence-electron chi connectivity index (χ0n) is 7.13. The first-order valence-electron chi connectivity index (χ1n) is 3.90. The fourth-order valence-electron chi connectivity index (χ4n) is 1.24. The molecule has 1 saturated heterocycles. The standard InChI is InChI=1S/C7H13ClO5/c1-12-7-6(11)5(10)4(9)3(2-8)13-7/h3-7,9-11H,2H2,1H3/t3-,4+,5+,6+,7-/m0/s1. The average Bonchev–Trinajstić information content (AvgIpc) is 2.15. The highest BCUT2D eigenvalue weighted by Crippen LogP contribution is 2.22. The van der Waals surface area contributed by atoms with Crippen LogP contribution in [0.25, 0.3) is 0 Å². The molecule has 1 aliphatic heterocycles. The molecule has 0 spiro atoms. The highest BCUT2D eigenvalue weighted by atomic mass is 35.5. The van der Waals surface area contributed by atoms with Gasteiger partial charge in [-0.05, 0) is 0 Å². The lowest BCUT2D eigenvalue weighted by molar-refractivity contribution is -0.285. The number of rotatable bonds is 2. The number of aliphatic hydroxyl groups excluding tert-OH is 3. The molecule has 13 heavy (non-hydrogen) atoms. The lowest BCUT2D eigenvalue weighted by atomic mass is 10.00. The Kier molecular flexibility index (Phi) is 3.90. The van der Waals surface area contributed by atoms with Gasteiger partial charge in [0.15, 0.2) is 6.29 Å². The van der Waals surface area contributed by atoms with Crippen molar-refractivity contribution in [3.05, 3.63) is 0 Å². The molecule has 1 aliphatic rings. The first-order chi connectivity index (χ1) is 6.11. The number of hydrogen-bond acceptors (Lipinski definition) is 5. The largest absolute Gasteiger partial charge is 0.388 e. The number of ether oxygens (including phenoxy) is 2. The van der Waals surface area contributed by atoms with Gasteiger partial charge < -0.3 is 24.8 Å². The van der Waals surface area contributed by atoms with Crippen molar-refractivity contribution in [3.63, 3.8) is 0 Å². The Morgan fingerprint density at radius 1 is 1.23 bits per heavy atom. The molecule has 0 aromatic carbocycles. The number of methoxy groups -OCH3 is 1. The number of hydrogen-bond donors (Lipinski definition) is 3. The SMILES string of the molecule is CO[C@H]1O[C@@H](CCl)[C@@H](O)[C@@H](O)[C@H]1O. The van der Waals surface area contributed by atoms with E-state index in [-0.39, 0.29) is 5.88 Å². The minimum atomic E-state index is -1.29. The molecule has 0 aromatic rings. The molecule has 0 amide bonds. The lowest BCUT2D eigenvalue weighted by Crippen LogP contribution is -2.58. The minimum absolute atomic E-state index is 0.0325.